The number of para-hydroxylation sites is 2. The Morgan fingerprint density at radius 2 is 1.77 bits per heavy atom. The minimum Gasteiger partial charge on any atom is -0.464 e. The van der Waals surface area contributed by atoms with Crippen LogP contribution in [0.5, 0.6) is 0 Å². The summed E-state index contributed by atoms with van der Waals surface area (Å²) in [5.74, 6) is -0.976. The molecule has 1 amide bonds. The zero-order valence-electron chi connectivity index (χ0n) is 23.8. The van der Waals surface area contributed by atoms with Crippen molar-refractivity contribution in [2.24, 2.45) is 0 Å². The first-order valence-corrected chi connectivity index (χ1v) is 15.7. The second kappa shape index (κ2) is 12.7. The normalized spacial score (nSPS) is 15.3. The van der Waals surface area contributed by atoms with Crippen molar-refractivity contribution in [1.82, 2.24) is 14.2 Å². The van der Waals surface area contributed by atoms with Crippen LogP contribution < -0.4 is 5.43 Å². The van der Waals surface area contributed by atoms with Gasteiger partial charge >= 0.3 is 0 Å². The average molecular weight is 616 g/mol. The maximum atomic E-state index is 14.2. The molecule has 3 heterocycles. The number of hydrogen-bond acceptors (Lipinski definition) is 7. The smallest absolute Gasteiger partial charge is 0.245 e. The summed E-state index contributed by atoms with van der Waals surface area (Å²) in [6.45, 7) is -0.163. The number of fused-ring (bicyclic) bond motifs is 2. The molecule has 2 aromatic heterocycles. The number of sulfonamides is 1. The van der Waals surface area contributed by atoms with Crippen molar-refractivity contribution in [3.05, 3.63) is 118 Å². The fourth-order valence-electron chi connectivity index (χ4n) is 5.41. The standard InChI is InChI=1S/C33H30FN3O6S/c34-26-14-12-23(13-15-26)18-36(19-25-22-43-29-10-2-1-9-28(29)33(25)39)31(38)21-37(20-27-8-5-17-42-27)44(40,41)30-11-3-6-24-7-4-16-35-32(24)30/h1-4,6-7,9-16,22,27H,5,8,17-21H2. The summed E-state index contributed by atoms with van der Waals surface area (Å²) in [5.41, 5.74) is 1.25. The highest BCUT2D eigenvalue weighted by Crippen LogP contribution is 2.26. The summed E-state index contributed by atoms with van der Waals surface area (Å²) in [4.78, 5) is 33.1. The van der Waals surface area contributed by atoms with E-state index in [1.807, 2.05) is 0 Å². The van der Waals surface area contributed by atoms with Crippen LogP contribution in [0, 0.1) is 5.82 Å². The van der Waals surface area contributed by atoms with Crippen LogP contribution in [0.25, 0.3) is 21.9 Å². The van der Waals surface area contributed by atoms with Gasteiger partial charge in [-0.15, -0.1) is 0 Å². The van der Waals surface area contributed by atoms with Gasteiger partial charge in [-0.1, -0.05) is 42.5 Å². The first-order chi connectivity index (χ1) is 21.3. The van der Waals surface area contributed by atoms with Crippen LogP contribution >= 0.6 is 0 Å². The van der Waals surface area contributed by atoms with Crippen LogP contribution in [0.4, 0.5) is 4.39 Å². The molecule has 0 spiro atoms. The highest BCUT2D eigenvalue weighted by molar-refractivity contribution is 7.89. The van der Waals surface area contributed by atoms with Gasteiger partial charge in [-0.2, -0.15) is 4.31 Å². The Kier molecular flexibility index (Phi) is 8.51. The predicted octanol–water partition coefficient (Wildman–Crippen LogP) is 4.88. The van der Waals surface area contributed by atoms with Gasteiger partial charge in [0.15, 0.2) is 5.43 Å². The number of hydrogen-bond donors (Lipinski definition) is 0. The molecule has 0 aliphatic carbocycles. The van der Waals surface area contributed by atoms with E-state index in [1.165, 1.54) is 35.6 Å². The third kappa shape index (κ3) is 6.26. The van der Waals surface area contributed by atoms with Crippen molar-refractivity contribution in [3.63, 3.8) is 0 Å². The Balaban J connectivity index is 1.36. The van der Waals surface area contributed by atoms with Gasteiger partial charge in [0.1, 0.15) is 16.3 Å². The van der Waals surface area contributed by atoms with Gasteiger partial charge in [-0.25, -0.2) is 12.8 Å². The number of aromatic nitrogens is 1. The van der Waals surface area contributed by atoms with Gasteiger partial charge in [0.25, 0.3) is 0 Å². The summed E-state index contributed by atoms with van der Waals surface area (Å²) in [6.07, 6.45) is 3.91. The molecule has 0 saturated carbocycles. The number of benzene rings is 3. The van der Waals surface area contributed by atoms with Gasteiger partial charge in [-0.3, -0.25) is 14.6 Å². The largest absolute Gasteiger partial charge is 0.464 e. The van der Waals surface area contributed by atoms with Gasteiger partial charge in [0.05, 0.1) is 41.9 Å². The SMILES string of the molecule is O=C(CN(CC1CCCO1)S(=O)(=O)c1cccc2cccnc12)N(Cc1ccc(F)cc1)Cc1coc2ccccc2c1=O. The topological polar surface area (TPSA) is 110 Å². The maximum Gasteiger partial charge on any atom is 0.245 e. The average Bonchev–Trinajstić information content (AvgIpc) is 3.55. The lowest BCUT2D eigenvalue weighted by molar-refractivity contribution is -0.132. The Labute approximate surface area is 253 Å². The molecular formula is C33H30FN3O6S. The van der Waals surface area contributed by atoms with Gasteiger partial charge in [-0.05, 0) is 54.8 Å². The van der Waals surface area contributed by atoms with E-state index in [2.05, 4.69) is 4.98 Å². The molecule has 226 valence electrons. The molecule has 1 unspecified atom stereocenters. The monoisotopic (exact) mass is 615 g/mol. The Hall–Kier alpha value is -4.45. The van der Waals surface area contributed by atoms with Crippen LogP contribution in [0.3, 0.4) is 0 Å². The van der Waals surface area contributed by atoms with Gasteiger partial charge in [0.2, 0.25) is 15.9 Å². The molecule has 44 heavy (non-hydrogen) atoms. The van der Waals surface area contributed by atoms with Crippen LogP contribution in [0.1, 0.15) is 24.0 Å². The molecule has 0 radical (unpaired) electrons. The van der Waals surface area contributed by atoms with Crippen molar-refractivity contribution in [2.75, 3.05) is 19.7 Å². The summed E-state index contributed by atoms with van der Waals surface area (Å²) < 4.78 is 54.7. The number of ether oxygens (including phenoxy) is 1. The van der Waals surface area contributed by atoms with E-state index in [0.29, 0.717) is 40.5 Å². The third-order valence-electron chi connectivity index (χ3n) is 7.71. The minimum atomic E-state index is -4.22. The lowest BCUT2D eigenvalue weighted by Crippen LogP contribution is -2.45. The van der Waals surface area contributed by atoms with Gasteiger partial charge < -0.3 is 14.1 Å². The number of halogens is 1. The van der Waals surface area contributed by atoms with Crippen molar-refractivity contribution in [2.45, 2.75) is 36.9 Å². The molecular weight excluding hydrogens is 585 g/mol. The quantitative estimate of drug-likeness (QED) is 0.220. The molecule has 3 aromatic carbocycles. The van der Waals surface area contributed by atoms with Crippen LogP contribution in [-0.4, -0.2) is 54.3 Å². The molecule has 0 bridgehead atoms. The summed E-state index contributed by atoms with van der Waals surface area (Å²) >= 11 is 0. The first kappa shape index (κ1) is 29.6. The van der Waals surface area contributed by atoms with E-state index in [1.54, 1.807) is 60.7 Å². The third-order valence-corrected chi connectivity index (χ3v) is 9.55. The number of carbonyl (C=O) groups is 1. The van der Waals surface area contributed by atoms with Crippen molar-refractivity contribution < 1.29 is 26.8 Å². The Morgan fingerprint density at radius 1 is 0.977 bits per heavy atom. The highest BCUT2D eigenvalue weighted by atomic mass is 32.2. The lowest BCUT2D eigenvalue weighted by atomic mass is 10.1. The Morgan fingerprint density at radius 3 is 2.57 bits per heavy atom. The van der Waals surface area contributed by atoms with E-state index in [0.717, 1.165) is 10.7 Å². The molecule has 1 saturated heterocycles. The first-order valence-electron chi connectivity index (χ1n) is 14.3. The fourth-order valence-corrected chi connectivity index (χ4v) is 7.00. The molecule has 1 fully saturated rings. The second-order valence-corrected chi connectivity index (χ2v) is 12.6. The summed E-state index contributed by atoms with van der Waals surface area (Å²) in [6, 6.07) is 20.8. The fraction of sp³-hybridized carbons (Fsp3) is 0.242. The number of pyridine rings is 1. The van der Waals surface area contributed by atoms with E-state index in [-0.39, 0.29) is 41.6 Å². The maximum absolute atomic E-state index is 14.2. The van der Waals surface area contributed by atoms with Crippen molar-refractivity contribution in [1.29, 1.82) is 0 Å². The van der Waals surface area contributed by atoms with E-state index < -0.39 is 28.3 Å². The number of amides is 1. The highest BCUT2D eigenvalue weighted by Gasteiger charge is 2.33. The molecule has 0 N–H and O–H groups in total. The summed E-state index contributed by atoms with van der Waals surface area (Å²) in [7, 11) is -4.22. The molecule has 6 rings (SSSR count). The molecule has 1 atom stereocenters. The van der Waals surface area contributed by atoms with Crippen molar-refractivity contribution in [3.8, 4) is 0 Å². The second-order valence-electron chi connectivity index (χ2n) is 10.7. The van der Waals surface area contributed by atoms with E-state index in [9.17, 15) is 22.4 Å². The van der Waals surface area contributed by atoms with Crippen LogP contribution in [-0.2, 0) is 32.6 Å². The number of nitrogens with zero attached hydrogens (tertiary/aromatic N) is 3. The number of carbonyl (C=O) groups excluding carboxylic acids is 1. The predicted molar refractivity (Wildman–Crippen MR) is 163 cm³/mol. The number of rotatable bonds is 10. The van der Waals surface area contributed by atoms with E-state index in [4.69, 9.17) is 9.15 Å². The Bertz CT molecular complexity index is 1970. The minimum absolute atomic E-state index is 0.00895. The molecule has 5 aromatic rings. The van der Waals surface area contributed by atoms with Crippen LogP contribution in [0.2, 0.25) is 0 Å². The van der Waals surface area contributed by atoms with Crippen LogP contribution in [0.15, 0.2) is 105 Å². The summed E-state index contributed by atoms with van der Waals surface area (Å²) in [5, 5.41) is 1.02. The molecule has 9 nitrogen and oxygen atoms in total. The van der Waals surface area contributed by atoms with Gasteiger partial charge in [0, 0.05) is 31.3 Å². The molecule has 11 heteroatoms. The zero-order chi connectivity index (χ0) is 30.7. The zero-order valence-corrected chi connectivity index (χ0v) is 24.6. The van der Waals surface area contributed by atoms with Crippen molar-refractivity contribution >= 4 is 37.8 Å². The molecule has 1 aliphatic heterocycles. The van der Waals surface area contributed by atoms with E-state index >= 15 is 0 Å². The lowest BCUT2D eigenvalue weighted by Gasteiger charge is -2.29. The molecule has 1 aliphatic rings.